The lowest BCUT2D eigenvalue weighted by molar-refractivity contribution is -0.118. The van der Waals surface area contributed by atoms with Crippen LogP contribution >= 0.6 is 0 Å². The number of imidazole rings is 1. The number of benzene rings is 1. The van der Waals surface area contributed by atoms with Crippen LogP contribution in [0.2, 0.25) is 0 Å². The molecule has 2 rings (SSSR count). The Balaban J connectivity index is 2.15. The highest BCUT2D eigenvalue weighted by Crippen LogP contribution is 2.28. The van der Waals surface area contributed by atoms with Crippen LogP contribution in [0.15, 0.2) is 36.9 Å². The van der Waals surface area contributed by atoms with Crippen molar-refractivity contribution in [2.24, 2.45) is 0 Å². The summed E-state index contributed by atoms with van der Waals surface area (Å²) in [5, 5.41) is 5.46. The van der Waals surface area contributed by atoms with E-state index < -0.39 is 6.04 Å². The van der Waals surface area contributed by atoms with Crippen LogP contribution in [0.4, 0.5) is 11.4 Å². The Morgan fingerprint density at radius 1 is 1.32 bits per heavy atom. The van der Waals surface area contributed by atoms with Gasteiger partial charge in [0.1, 0.15) is 11.8 Å². The molecule has 0 aliphatic heterocycles. The Morgan fingerprint density at radius 2 is 2.09 bits per heavy atom. The van der Waals surface area contributed by atoms with E-state index in [0.717, 1.165) is 0 Å². The van der Waals surface area contributed by atoms with E-state index in [4.69, 9.17) is 4.74 Å². The minimum Gasteiger partial charge on any atom is -0.495 e. The molecule has 0 aliphatic rings. The number of ether oxygens (including phenoxy) is 1. The number of hydrogen-bond acceptors (Lipinski definition) is 4. The third-order valence-electron chi connectivity index (χ3n) is 3.13. The van der Waals surface area contributed by atoms with Gasteiger partial charge in [-0.15, -0.1) is 0 Å². The van der Waals surface area contributed by atoms with Crippen molar-refractivity contribution in [2.75, 3.05) is 17.7 Å². The molecule has 0 radical (unpaired) electrons. The van der Waals surface area contributed by atoms with E-state index in [-0.39, 0.29) is 11.8 Å². The Hall–Kier alpha value is -2.83. The van der Waals surface area contributed by atoms with Gasteiger partial charge >= 0.3 is 0 Å². The van der Waals surface area contributed by atoms with Crippen LogP contribution in [-0.2, 0) is 9.59 Å². The minimum atomic E-state index is -0.395. The first-order chi connectivity index (χ1) is 10.5. The van der Waals surface area contributed by atoms with Crippen molar-refractivity contribution in [3.05, 3.63) is 36.9 Å². The maximum atomic E-state index is 12.2. The molecule has 0 aliphatic carbocycles. The molecule has 2 amide bonds. The summed E-state index contributed by atoms with van der Waals surface area (Å²) < 4.78 is 6.87. The molecule has 0 fully saturated rings. The number of anilines is 2. The number of rotatable bonds is 5. The predicted molar refractivity (Wildman–Crippen MR) is 82.9 cm³/mol. The van der Waals surface area contributed by atoms with Gasteiger partial charge in [-0.2, -0.15) is 0 Å². The summed E-state index contributed by atoms with van der Waals surface area (Å²) >= 11 is 0. The van der Waals surface area contributed by atoms with Crippen molar-refractivity contribution in [2.45, 2.75) is 19.9 Å². The molecule has 0 saturated heterocycles. The molecule has 2 aromatic rings. The number of carbonyl (C=O) groups excluding carboxylic acids is 2. The predicted octanol–water partition coefficient (Wildman–Crippen LogP) is 2.05. The Kier molecular flexibility index (Phi) is 4.77. The van der Waals surface area contributed by atoms with Crippen molar-refractivity contribution >= 4 is 23.2 Å². The molecule has 7 nitrogen and oxygen atoms in total. The van der Waals surface area contributed by atoms with E-state index in [9.17, 15) is 9.59 Å². The van der Waals surface area contributed by atoms with E-state index in [0.29, 0.717) is 17.1 Å². The first-order valence-corrected chi connectivity index (χ1v) is 6.75. The van der Waals surface area contributed by atoms with Gasteiger partial charge in [-0.25, -0.2) is 4.98 Å². The first-order valence-electron chi connectivity index (χ1n) is 6.75. The van der Waals surface area contributed by atoms with Gasteiger partial charge in [-0.1, -0.05) is 0 Å². The topological polar surface area (TPSA) is 85.2 Å². The van der Waals surface area contributed by atoms with E-state index in [1.165, 1.54) is 14.0 Å². The standard InChI is InChI=1S/C15H18N4O3/c1-10(19-7-6-16-9-19)15(21)18-12-4-5-14(22-3)13(8-12)17-11(2)20/h4-10H,1-3H3,(H,17,20)(H,18,21). The van der Waals surface area contributed by atoms with Gasteiger partial charge in [-0.05, 0) is 25.1 Å². The molecular formula is C15H18N4O3. The van der Waals surface area contributed by atoms with Crippen LogP contribution in [0.25, 0.3) is 0 Å². The number of nitrogens with one attached hydrogen (secondary N) is 2. The highest BCUT2D eigenvalue weighted by Gasteiger charge is 2.15. The molecule has 7 heteroatoms. The molecular weight excluding hydrogens is 284 g/mol. The zero-order valence-electron chi connectivity index (χ0n) is 12.7. The number of nitrogens with zero attached hydrogens (tertiary/aromatic N) is 2. The van der Waals surface area contributed by atoms with Gasteiger partial charge in [0.25, 0.3) is 0 Å². The summed E-state index contributed by atoms with van der Waals surface area (Å²) in [5.41, 5.74) is 1.07. The normalized spacial score (nSPS) is 11.6. The lowest BCUT2D eigenvalue weighted by Gasteiger charge is -2.15. The molecule has 1 aromatic carbocycles. The zero-order valence-corrected chi connectivity index (χ0v) is 12.7. The summed E-state index contributed by atoms with van der Waals surface area (Å²) in [4.78, 5) is 27.4. The molecule has 0 bridgehead atoms. The molecule has 22 heavy (non-hydrogen) atoms. The van der Waals surface area contributed by atoms with E-state index >= 15 is 0 Å². The van der Waals surface area contributed by atoms with Crippen LogP contribution in [0.1, 0.15) is 19.9 Å². The van der Waals surface area contributed by atoms with E-state index in [1.54, 1.807) is 48.4 Å². The summed E-state index contributed by atoms with van der Waals surface area (Å²) in [6.07, 6.45) is 4.92. The van der Waals surface area contributed by atoms with Crippen LogP contribution in [0, 0.1) is 0 Å². The molecule has 116 valence electrons. The van der Waals surface area contributed by atoms with Crippen LogP contribution in [0.3, 0.4) is 0 Å². The maximum Gasteiger partial charge on any atom is 0.247 e. The third kappa shape index (κ3) is 3.63. The molecule has 1 aromatic heterocycles. The third-order valence-corrected chi connectivity index (χ3v) is 3.13. The van der Waals surface area contributed by atoms with Gasteiger partial charge in [0.2, 0.25) is 11.8 Å². The SMILES string of the molecule is COc1ccc(NC(=O)C(C)n2ccnc2)cc1NC(C)=O. The van der Waals surface area contributed by atoms with Gasteiger partial charge in [0.15, 0.2) is 0 Å². The fourth-order valence-corrected chi connectivity index (χ4v) is 1.95. The number of hydrogen-bond donors (Lipinski definition) is 2. The smallest absolute Gasteiger partial charge is 0.247 e. The lowest BCUT2D eigenvalue weighted by Crippen LogP contribution is -2.23. The second-order valence-corrected chi connectivity index (χ2v) is 4.77. The Bertz CT molecular complexity index is 667. The monoisotopic (exact) mass is 302 g/mol. The summed E-state index contributed by atoms with van der Waals surface area (Å²) in [6, 6.07) is 4.65. The van der Waals surface area contributed by atoms with Crippen molar-refractivity contribution in [3.8, 4) is 5.75 Å². The summed E-state index contributed by atoms with van der Waals surface area (Å²) in [7, 11) is 1.51. The van der Waals surface area contributed by atoms with Crippen LogP contribution in [0.5, 0.6) is 5.75 Å². The van der Waals surface area contributed by atoms with Crippen molar-refractivity contribution in [1.82, 2.24) is 9.55 Å². The van der Waals surface area contributed by atoms with Crippen LogP contribution < -0.4 is 15.4 Å². The molecule has 1 unspecified atom stereocenters. The summed E-state index contributed by atoms with van der Waals surface area (Å²) in [5.74, 6) is 0.126. The van der Waals surface area contributed by atoms with Crippen molar-refractivity contribution in [1.29, 1.82) is 0 Å². The van der Waals surface area contributed by atoms with Crippen LogP contribution in [-0.4, -0.2) is 28.5 Å². The molecule has 0 saturated carbocycles. The average Bonchev–Trinajstić information content (AvgIpc) is 3.00. The number of methoxy groups -OCH3 is 1. The van der Waals surface area contributed by atoms with Gasteiger partial charge in [0.05, 0.1) is 19.1 Å². The van der Waals surface area contributed by atoms with Crippen molar-refractivity contribution < 1.29 is 14.3 Å². The highest BCUT2D eigenvalue weighted by molar-refractivity contribution is 5.96. The van der Waals surface area contributed by atoms with Gasteiger partial charge in [0, 0.05) is 25.0 Å². The van der Waals surface area contributed by atoms with Crippen molar-refractivity contribution in [3.63, 3.8) is 0 Å². The number of carbonyl (C=O) groups is 2. The quantitative estimate of drug-likeness (QED) is 0.885. The second-order valence-electron chi connectivity index (χ2n) is 4.77. The van der Waals surface area contributed by atoms with E-state index in [1.807, 2.05) is 0 Å². The highest BCUT2D eigenvalue weighted by atomic mass is 16.5. The molecule has 1 atom stereocenters. The summed E-state index contributed by atoms with van der Waals surface area (Å²) in [6.45, 7) is 3.18. The lowest BCUT2D eigenvalue weighted by atomic mass is 10.2. The number of amides is 2. The Labute approximate surface area is 128 Å². The molecule has 1 heterocycles. The second kappa shape index (κ2) is 6.75. The minimum absolute atomic E-state index is 0.183. The van der Waals surface area contributed by atoms with Gasteiger partial charge in [-0.3, -0.25) is 9.59 Å². The number of aromatic nitrogens is 2. The average molecular weight is 302 g/mol. The van der Waals surface area contributed by atoms with E-state index in [2.05, 4.69) is 15.6 Å². The molecule has 0 spiro atoms. The Morgan fingerprint density at radius 3 is 2.68 bits per heavy atom. The fourth-order valence-electron chi connectivity index (χ4n) is 1.95. The largest absolute Gasteiger partial charge is 0.495 e. The fraction of sp³-hybridized carbons (Fsp3) is 0.267. The maximum absolute atomic E-state index is 12.2. The molecule has 2 N–H and O–H groups in total. The first kappa shape index (κ1) is 15.6. The van der Waals surface area contributed by atoms with Gasteiger partial charge < -0.3 is 19.9 Å². The zero-order chi connectivity index (χ0) is 16.1.